The quantitative estimate of drug-likeness (QED) is 0.665. The standard InChI is InChI=1S/C11H6Cl2F4O2/c12-10(13)7(8(10)9(18)19)4-1-2-5(6(14)3-4)11(15,16)17/h1-3,7-8H,(H,18,19)/t7-,8+/m1/s1. The van der Waals surface area contributed by atoms with Crippen LogP contribution in [0.5, 0.6) is 0 Å². The molecule has 1 aliphatic carbocycles. The Morgan fingerprint density at radius 3 is 2.26 bits per heavy atom. The summed E-state index contributed by atoms with van der Waals surface area (Å²) in [4.78, 5) is 10.8. The van der Waals surface area contributed by atoms with Crippen molar-refractivity contribution in [2.24, 2.45) is 5.92 Å². The van der Waals surface area contributed by atoms with Gasteiger partial charge in [0, 0.05) is 5.92 Å². The number of carbonyl (C=O) groups is 1. The van der Waals surface area contributed by atoms with Crippen molar-refractivity contribution in [2.45, 2.75) is 16.4 Å². The molecule has 8 heteroatoms. The van der Waals surface area contributed by atoms with Crippen LogP contribution >= 0.6 is 23.2 Å². The third-order valence-corrected chi connectivity index (χ3v) is 3.92. The van der Waals surface area contributed by atoms with Crippen molar-refractivity contribution < 1.29 is 27.5 Å². The van der Waals surface area contributed by atoms with Crippen LogP contribution in [0.3, 0.4) is 0 Å². The molecule has 0 amide bonds. The van der Waals surface area contributed by atoms with Crippen LogP contribution in [-0.2, 0) is 11.0 Å². The van der Waals surface area contributed by atoms with E-state index in [0.29, 0.717) is 12.1 Å². The second-order valence-corrected chi connectivity index (χ2v) is 5.65. The molecule has 2 nitrogen and oxygen atoms in total. The first-order chi connectivity index (χ1) is 8.56. The lowest BCUT2D eigenvalue weighted by Crippen LogP contribution is -2.08. The van der Waals surface area contributed by atoms with E-state index in [4.69, 9.17) is 28.3 Å². The third kappa shape index (κ3) is 2.39. The molecule has 0 spiro atoms. The average Bonchev–Trinajstić information content (AvgIpc) is 2.79. The molecule has 1 saturated carbocycles. The zero-order chi connectivity index (χ0) is 14.6. The molecule has 19 heavy (non-hydrogen) atoms. The lowest BCUT2D eigenvalue weighted by molar-refractivity contribution is -0.140. The van der Waals surface area contributed by atoms with Gasteiger partial charge in [-0.1, -0.05) is 29.3 Å². The first kappa shape index (κ1) is 14.4. The molecule has 0 heterocycles. The van der Waals surface area contributed by atoms with E-state index in [1.54, 1.807) is 0 Å². The summed E-state index contributed by atoms with van der Waals surface area (Å²) in [5.41, 5.74) is -1.39. The van der Waals surface area contributed by atoms with Gasteiger partial charge in [-0.25, -0.2) is 4.39 Å². The Morgan fingerprint density at radius 2 is 1.89 bits per heavy atom. The number of rotatable bonds is 2. The Labute approximate surface area is 114 Å². The largest absolute Gasteiger partial charge is 0.481 e. The van der Waals surface area contributed by atoms with Gasteiger partial charge in [-0.2, -0.15) is 13.2 Å². The minimum atomic E-state index is -4.81. The van der Waals surface area contributed by atoms with E-state index in [1.165, 1.54) is 0 Å². The third-order valence-electron chi connectivity index (χ3n) is 2.98. The smallest absolute Gasteiger partial charge is 0.419 e. The topological polar surface area (TPSA) is 37.3 Å². The summed E-state index contributed by atoms with van der Waals surface area (Å²) >= 11 is 11.4. The summed E-state index contributed by atoms with van der Waals surface area (Å²) in [6.07, 6.45) is -4.81. The lowest BCUT2D eigenvalue weighted by atomic mass is 10.1. The van der Waals surface area contributed by atoms with E-state index in [2.05, 4.69) is 0 Å². The van der Waals surface area contributed by atoms with Gasteiger partial charge < -0.3 is 5.11 Å². The highest BCUT2D eigenvalue weighted by molar-refractivity contribution is 6.53. The summed E-state index contributed by atoms with van der Waals surface area (Å²) in [7, 11) is 0. The van der Waals surface area contributed by atoms with Gasteiger partial charge in [0.15, 0.2) is 0 Å². The molecule has 0 bridgehead atoms. The monoisotopic (exact) mass is 316 g/mol. The van der Waals surface area contributed by atoms with Gasteiger partial charge in [-0.15, -0.1) is 0 Å². The molecule has 1 aromatic rings. The molecule has 0 saturated heterocycles. The van der Waals surface area contributed by atoms with Crippen LogP contribution in [0.15, 0.2) is 18.2 Å². The van der Waals surface area contributed by atoms with Crippen molar-refractivity contribution in [1.29, 1.82) is 0 Å². The van der Waals surface area contributed by atoms with Gasteiger partial charge in [-0.3, -0.25) is 4.79 Å². The second kappa shape index (κ2) is 4.24. The summed E-state index contributed by atoms with van der Waals surface area (Å²) in [5, 5.41) is 8.83. The maximum atomic E-state index is 13.4. The summed E-state index contributed by atoms with van der Waals surface area (Å²) in [6.45, 7) is 0. The zero-order valence-corrected chi connectivity index (χ0v) is 10.5. The van der Waals surface area contributed by atoms with Gasteiger partial charge in [-0.05, 0) is 17.7 Å². The molecule has 0 unspecified atom stereocenters. The number of benzene rings is 1. The number of carboxylic acids is 1. The van der Waals surface area contributed by atoms with Gasteiger partial charge in [0.2, 0.25) is 0 Å². The maximum absolute atomic E-state index is 13.4. The van der Waals surface area contributed by atoms with Crippen molar-refractivity contribution in [3.05, 3.63) is 35.1 Å². The fourth-order valence-corrected chi connectivity index (χ4v) is 2.82. The van der Waals surface area contributed by atoms with E-state index < -0.39 is 39.7 Å². The number of alkyl halides is 5. The molecule has 0 aromatic heterocycles. The summed E-state index contributed by atoms with van der Waals surface area (Å²) in [5.74, 6) is -4.85. The molecular weight excluding hydrogens is 311 g/mol. The molecule has 1 N–H and O–H groups in total. The highest BCUT2D eigenvalue weighted by atomic mass is 35.5. The summed E-state index contributed by atoms with van der Waals surface area (Å²) in [6, 6.07) is 2.15. The Kier molecular flexibility index (Phi) is 3.22. The van der Waals surface area contributed by atoms with Crippen LogP contribution in [0.2, 0.25) is 0 Å². The van der Waals surface area contributed by atoms with Crippen LogP contribution in [0, 0.1) is 11.7 Å². The minimum absolute atomic E-state index is 0.0305. The highest BCUT2D eigenvalue weighted by Crippen LogP contribution is 2.65. The predicted molar refractivity (Wildman–Crippen MR) is 59.7 cm³/mol. The van der Waals surface area contributed by atoms with E-state index in [1.807, 2.05) is 0 Å². The fourth-order valence-electron chi connectivity index (χ4n) is 2.00. The zero-order valence-electron chi connectivity index (χ0n) is 9.01. The number of aliphatic carboxylic acids is 1. The Morgan fingerprint density at radius 1 is 1.32 bits per heavy atom. The van der Waals surface area contributed by atoms with E-state index in [9.17, 15) is 22.4 Å². The van der Waals surface area contributed by atoms with E-state index in [-0.39, 0.29) is 5.56 Å². The van der Waals surface area contributed by atoms with Crippen molar-refractivity contribution in [2.75, 3.05) is 0 Å². The van der Waals surface area contributed by atoms with Crippen LogP contribution < -0.4 is 0 Å². The normalized spacial score (nSPS) is 25.2. The Hall–Kier alpha value is -1.01. The van der Waals surface area contributed by atoms with E-state index in [0.717, 1.165) is 6.07 Å². The van der Waals surface area contributed by atoms with Gasteiger partial charge in [0.25, 0.3) is 0 Å². The second-order valence-electron chi connectivity index (χ2n) is 4.21. The molecule has 0 radical (unpaired) electrons. The molecule has 1 aromatic carbocycles. The number of hydrogen-bond donors (Lipinski definition) is 1. The fraction of sp³-hybridized carbons (Fsp3) is 0.364. The van der Waals surface area contributed by atoms with Crippen LogP contribution in [0.4, 0.5) is 17.6 Å². The number of carboxylic acid groups (broad SMARTS) is 1. The van der Waals surface area contributed by atoms with Gasteiger partial charge in [0.05, 0.1) is 11.5 Å². The van der Waals surface area contributed by atoms with Crippen molar-refractivity contribution in [3.63, 3.8) is 0 Å². The molecule has 2 rings (SSSR count). The Balaban J connectivity index is 2.35. The van der Waals surface area contributed by atoms with Crippen molar-refractivity contribution in [1.82, 2.24) is 0 Å². The maximum Gasteiger partial charge on any atom is 0.419 e. The Bertz CT molecular complexity index is 542. The lowest BCUT2D eigenvalue weighted by Gasteiger charge is -2.09. The first-order valence-electron chi connectivity index (χ1n) is 5.04. The molecule has 2 atom stereocenters. The number of halogens is 6. The van der Waals surface area contributed by atoms with Crippen molar-refractivity contribution >= 4 is 29.2 Å². The SMILES string of the molecule is O=C(O)[C@@H]1[C@@H](c2ccc(C(F)(F)F)c(F)c2)C1(Cl)Cl. The van der Waals surface area contributed by atoms with Crippen LogP contribution in [-0.4, -0.2) is 15.4 Å². The predicted octanol–water partition coefficient (Wildman–Crippen LogP) is 3.82. The van der Waals surface area contributed by atoms with Crippen LogP contribution in [0.25, 0.3) is 0 Å². The minimum Gasteiger partial charge on any atom is -0.481 e. The first-order valence-corrected chi connectivity index (χ1v) is 5.79. The molecule has 1 aliphatic rings. The van der Waals surface area contributed by atoms with E-state index >= 15 is 0 Å². The number of hydrogen-bond acceptors (Lipinski definition) is 1. The molecule has 0 aliphatic heterocycles. The molecular formula is C11H6Cl2F4O2. The van der Waals surface area contributed by atoms with Crippen LogP contribution in [0.1, 0.15) is 17.0 Å². The highest BCUT2D eigenvalue weighted by Gasteiger charge is 2.68. The summed E-state index contributed by atoms with van der Waals surface area (Å²) < 4.78 is 48.8. The van der Waals surface area contributed by atoms with Crippen molar-refractivity contribution in [3.8, 4) is 0 Å². The molecule has 1 fully saturated rings. The van der Waals surface area contributed by atoms with Gasteiger partial charge >= 0.3 is 12.1 Å². The van der Waals surface area contributed by atoms with Gasteiger partial charge in [0.1, 0.15) is 10.2 Å². The average molecular weight is 317 g/mol. The molecule has 104 valence electrons.